The van der Waals surface area contributed by atoms with E-state index < -0.39 is 10.7 Å². The molecule has 0 aliphatic rings. The van der Waals surface area contributed by atoms with E-state index in [2.05, 4.69) is 10.6 Å². The lowest BCUT2D eigenvalue weighted by Crippen LogP contribution is -2.33. The van der Waals surface area contributed by atoms with Gasteiger partial charge in [0.05, 0.1) is 11.5 Å². The SMILES string of the molecule is CCNC(=O)CNCc1cc(F)ccc1[N+](=O)[O-]. The number of hydrogen-bond acceptors (Lipinski definition) is 4. The predicted molar refractivity (Wildman–Crippen MR) is 63.4 cm³/mol. The topological polar surface area (TPSA) is 84.3 Å². The Morgan fingerprint density at radius 3 is 2.83 bits per heavy atom. The molecule has 0 spiro atoms. The quantitative estimate of drug-likeness (QED) is 0.585. The van der Waals surface area contributed by atoms with E-state index in [4.69, 9.17) is 0 Å². The third-order valence-corrected chi connectivity index (χ3v) is 2.21. The lowest BCUT2D eigenvalue weighted by Gasteiger charge is -2.06. The summed E-state index contributed by atoms with van der Waals surface area (Å²) in [4.78, 5) is 21.3. The molecule has 0 atom stereocenters. The van der Waals surface area contributed by atoms with Gasteiger partial charge in [-0.2, -0.15) is 0 Å². The molecule has 0 unspecified atom stereocenters. The molecular formula is C11H14FN3O3. The molecule has 0 saturated heterocycles. The van der Waals surface area contributed by atoms with Crippen molar-refractivity contribution in [2.75, 3.05) is 13.1 Å². The number of carbonyl (C=O) groups excluding carboxylic acids is 1. The van der Waals surface area contributed by atoms with E-state index in [-0.39, 0.29) is 30.2 Å². The normalized spacial score (nSPS) is 10.1. The van der Waals surface area contributed by atoms with Crippen LogP contribution in [0.1, 0.15) is 12.5 Å². The summed E-state index contributed by atoms with van der Waals surface area (Å²) < 4.78 is 13.0. The van der Waals surface area contributed by atoms with Crippen LogP contribution in [0.3, 0.4) is 0 Å². The van der Waals surface area contributed by atoms with Crippen LogP contribution in [-0.4, -0.2) is 23.9 Å². The van der Waals surface area contributed by atoms with Crippen LogP contribution in [0.2, 0.25) is 0 Å². The smallest absolute Gasteiger partial charge is 0.274 e. The predicted octanol–water partition coefficient (Wildman–Crippen LogP) is 0.960. The lowest BCUT2D eigenvalue weighted by atomic mass is 10.1. The van der Waals surface area contributed by atoms with Crippen molar-refractivity contribution in [1.82, 2.24) is 10.6 Å². The second kappa shape index (κ2) is 6.65. The van der Waals surface area contributed by atoms with E-state index in [0.29, 0.717) is 6.54 Å². The van der Waals surface area contributed by atoms with Gasteiger partial charge in [0.1, 0.15) is 5.82 Å². The Balaban J connectivity index is 2.63. The first-order valence-corrected chi connectivity index (χ1v) is 5.44. The van der Waals surface area contributed by atoms with Crippen molar-refractivity contribution in [2.24, 2.45) is 0 Å². The van der Waals surface area contributed by atoms with Crippen molar-refractivity contribution in [2.45, 2.75) is 13.5 Å². The maximum Gasteiger partial charge on any atom is 0.274 e. The van der Waals surface area contributed by atoms with Gasteiger partial charge in [0.2, 0.25) is 5.91 Å². The van der Waals surface area contributed by atoms with E-state index in [1.807, 2.05) is 0 Å². The van der Waals surface area contributed by atoms with Crippen molar-refractivity contribution in [3.05, 3.63) is 39.7 Å². The number of halogens is 1. The van der Waals surface area contributed by atoms with Crippen molar-refractivity contribution >= 4 is 11.6 Å². The molecule has 0 radical (unpaired) electrons. The Hall–Kier alpha value is -2.02. The van der Waals surface area contributed by atoms with Crippen molar-refractivity contribution in [1.29, 1.82) is 0 Å². The van der Waals surface area contributed by atoms with Crippen LogP contribution in [0.25, 0.3) is 0 Å². The van der Waals surface area contributed by atoms with Gasteiger partial charge < -0.3 is 10.6 Å². The van der Waals surface area contributed by atoms with Crippen molar-refractivity contribution in [3.63, 3.8) is 0 Å². The fourth-order valence-electron chi connectivity index (χ4n) is 1.44. The van der Waals surface area contributed by atoms with Gasteiger partial charge in [-0.25, -0.2) is 4.39 Å². The number of nitrogens with zero attached hydrogens (tertiary/aromatic N) is 1. The van der Waals surface area contributed by atoms with Crippen LogP contribution in [0, 0.1) is 15.9 Å². The van der Waals surface area contributed by atoms with Crippen LogP contribution >= 0.6 is 0 Å². The molecule has 98 valence electrons. The minimum Gasteiger partial charge on any atom is -0.355 e. The molecule has 0 saturated carbocycles. The summed E-state index contributed by atoms with van der Waals surface area (Å²) in [5.41, 5.74) is 0.0455. The van der Waals surface area contributed by atoms with Crippen LogP contribution in [0.15, 0.2) is 18.2 Å². The number of nitro benzene ring substituents is 1. The van der Waals surface area contributed by atoms with Gasteiger partial charge in [0.25, 0.3) is 5.69 Å². The van der Waals surface area contributed by atoms with Crippen LogP contribution in [0.4, 0.5) is 10.1 Å². The summed E-state index contributed by atoms with van der Waals surface area (Å²) in [5.74, 6) is -0.757. The first-order chi connectivity index (χ1) is 8.54. The minimum atomic E-state index is -0.581. The zero-order chi connectivity index (χ0) is 13.5. The second-order valence-corrected chi connectivity index (χ2v) is 3.59. The molecule has 0 fully saturated rings. The van der Waals surface area contributed by atoms with Gasteiger partial charge in [-0.05, 0) is 19.1 Å². The first kappa shape index (κ1) is 14.0. The van der Waals surface area contributed by atoms with E-state index in [9.17, 15) is 19.3 Å². The Bertz CT molecular complexity index is 451. The third-order valence-electron chi connectivity index (χ3n) is 2.21. The highest BCUT2D eigenvalue weighted by atomic mass is 19.1. The number of hydrogen-bond donors (Lipinski definition) is 2. The van der Waals surface area contributed by atoms with Gasteiger partial charge in [-0.3, -0.25) is 14.9 Å². The number of amides is 1. The summed E-state index contributed by atoms with van der Waals surface area (Å²) in [7, 11) is 0. The molecule has 7 heteroatoms. The van der Waals surface area contributed by atoms with Crippen molar-refractivity contribution in [3.8, 4) is 0 Å². The maximum atomic E-state index is 13.0. The van der Waals surface area contributed by atoms with Crippen LogP contribution < -0.4 is 10.6 Å². The van der Waals surface area contributed by atoms with Gasteiger partial charge in [-0.1, -0.05) is 0 Å². The average molecular weight is 255 g/mol. The number of nitrogens with one attached hydrogen (secondary N) is 2. The van der Waals surface area contributed by atoms with E-state index >= 15 is 0 Å². The first-order valence-electron chi connectivity index (χ1n) is 5.44. The van der Waals surface area contributed by atoms with Gasteiger partial charge >= 0.3 is 0 Å². The third kappa shape index (κ3) is 4.10. The zero-order valence-electron chi connectivity index (χ0n) is 9.90. The molecule has 2 N–H and O–H groups in total. The fraction of sp³-hybridized carbons (Fsp3) is 0.364. The molecule has 1 aromatic carbocycles. The average Bonchev–Trinajstić information content (AvgIpc) is 2.29. The standard InChI is InChI=1S/C11H14FN3O3/c1-2-14-11(16)7-13-6-8-5-9(12)3-4-10(8)15(17)18/h3-5,13H,2,6-7H2,1H3,(H,14,16). The summed E-state index contributed by atoms with van der Waals surface area (Å²) in [6.45, 7) is 2.39. The Morgan fingerprint density at radius 2 is 2.22 bits per heavy atom. The number of rotatable bonds is 6. The van der Waals surface area contributed by atoms with Gasteiger partial charge in [0.15, 0.2) is 0 Å². The molecule has 0 aliphatic carbocycles. The van der Waals surface area contributed by atoms with Crippen molar-refractivity contribution < 1.29 is 14.1 Å². The lowest BCUT2D eigenvalue weighted by molar-refractivity contribution is -0.385. The molecular weight excluding hydrogens is 241 g/mol. The highest BCUT2D eigenvalue weighted by molar-refractivity contribution is 5.77. The largest absolute Gasteiger partial charge is 0.355 e. The van der Waals surface area contributed by atoms with Crippen LogP contribution in [-0.2, 0) is 11.3 Å². The molecule has 18 heavy (non-hydrogen) atoms. The number of nitro groups is 1. The highest BCUT2D eigenvalue weighted by Crippen LogP contribution is 2.19. The van der Waals surface area contributed by atoms with Gasteiger partial charge in [-0.15, -0.1) is 0 Å². The van der Waals surface area contributed by atoms with E-state index in [1.165, 1.54) is 0 Å². The second-order valence-electron chi connectivity index (χ2n) is 3.59. The Labute approximate surface area is 103 Å². The molecule has 1 amide bonds. The number of likely N-dealkylation sites (N-methyl/N-ethyl adjacent to an activating group) is 1. The summed E-state index contributed by atoms with van der Waals surface area (Å²) in [5, 5.41) is 16.0. The molecule has 0 bridgehead atoms. The van der Waals surface area contributed by atoms with E-state index in [1.54, 1.807) is 6.92 Å². The monoisotopic (exact) mass is 255 g/mol. The molecule has 6 nitrogen and oxygen atoms in total. The molecule has 1 rings (SSSR count). The molecule has 0 aromatic heterocycles. The molecule has 0 aliphatic heterocycles. The zero-order valence-corrected chi connectivity index (χ0v) is 9.90. The number of benzene rings is 1. The Kier molecular flexibility index (Phi) is 5.19. The summed E-state index contributed by atoms with van der Waals surface area (Å²) in [6.07, 6.45) is 0. The van der Waals surface area contributed by atoms with E-state index in [0.717, 1.165) is 18.2 Å². The highest BCUT2D eigenvalue weighted by Gasteiger charge is 2.14. The fourth-order valence-corrected chi connectivity index (χ4v) is 1.44. The summed E-state index contributed by atoms with van der Waals surface area (Å²) in [6, 6.07) is 3.23. The molecule has 0 heterocycles. The minimum absolute atomic E-state index is 0.0293. The van der Waals surface area contributed by atoms with Crippen LogP contribution in [0.5, 0.6) is 0 Å². The summed E-state index contributed by atoms with van der Waals surface area (Å²) >= 11 is 0. The number of carbonyl (C=O) groups is 1. The molecule has 1 aromatic rings. The Morgan fingerprint density at radius 1 is 1.50 bits per heavy atom. The maximum absolute atomic E-state index is 13.0. The van der Waals surface area contributed by atoms with Gasteiger partial charge in [0, 0.05) is 24.7 Å².